The smallest absolute Gasteiger partial charge is 0.413 e. The molecule has 25 heavy (non-hydrogen) atoms. The highest BCUT2D eigenvalue weighted by Crippen LogP contribution is 2.32. The molecule has 0 atom stereocenters. The molecule has 0 bridgehead atoms. The lowest BCUT2D eigenvalue weighted by Crippen LogP contribution is -2.35. The third-order valence-electron chi connectivity index (χ3n) is 3.76. The molecular weight excluding hydrogens is 338 g/mol. The Labute approximate surface area is 151 Å². The molecule has 1 N–H and O–H groups in total. The van der Waals surface area contributed by atoms with Gasteiger partial charge in [-0.1, -0.05) is 54.3 Å². The van der Waals surface area contributed by atoms with Crippen molar-refractivity contribution in [1.29, 1.82) is 0 Å². The van der Waals surface area contributed by atoms with E-state index < -0.39 is 6.09 Å². The molecule has 2 aromatic rings. The summed E-state index contributed by atoms with van der Waals surface area (Å²) in [5.74, 6) is 0. The lowest BCUT2D eigenvalue weighted by atomic mass is 10.1. The van der Waals surface area contributed by atoms with Crippen molar-refractivity contribution < 1.29 is 14.3 Å². The second-order valence-electron chi connectivity index (χ2n) is 5.56. The van der Waals surface area contributed by atoms with Gasteiger partial charge in [-0.15, -0.1) is 0 Å². The number of carbonyl (C=O) groups excluding carboxylic acids is 1. The van der Waals surface area contributed by atoms with Gasteiger partial charge < -0.3 is 9.47 Å². The van der Waals surface area contributed by atoms with Crippen molar-refractivity contribution in [2.75, 3.05) is 38.2 Å². The first-order valence-electron chi connectivity index (χ1n) is 8.16. The Balaban J connectivity index is 1.80. The van der Waals surface area contributed by atoms with Gasteiger partial charge in [-0.2, -0.15) is 0 Å². The molecule has 3 rings (SSSR count). The summed E-state index contributed by atoms with van der Waals surface area (Å²) in [6.45, 7) is 7.78. The summed E-state index contributed by atoms with van der Waals surface area (Å²) in [7, 11) is 0. The molecule has 1 aromatic heterocycles. The Morgan fingerprint density at radius 2 is 2.12 bits per heavy atom. The summed E-state index contributed by atoms with van der Waals surface area (Å²) in [5.41, 5.74) is 1.94. The van der Waals surface area contributed by atoms with Crippen molar-refractivity contribution in [2.45, 2.75) is 6.54 Å². The minimum absolute atomic E-state index is 0.170. The van der Waals surface area contributed by atoms with Crippen molar-refractivity contribution in [1.82, 2.24) is 9.88 Å². The van der Waals surface area contributed by atoms with Gasteiger partial charge in [-0.3, -0.25) is 10.2 Å². The first-order valence-corrected chi connectivity index (χ1v) is 8.98. The van der Waals surface area contributed by atoms with Crippen LogP contribution in [0.15, 0.2) is 43.0 Å². The van der Waals surface area contributed by atoms with Gasteiger partial charge in [0.15, 0.2) is 5.13 Å². The van der Waals surface area contributed by atoms with Crippen molar-refractivity contribution in [3.63, 3.8) is 0 Å². The first-order chi connectivity index (χ1) is 12.3. The van der Waals surface area contributed by atoms with E-state index in [1.54, 1.807) is 0 Å². The predicted molar refractivity (Wildman–Crippen MR) is 98.8 cm³/mol. The van der Waals surface area contributed by atoms with Gasteiger partial charge in [0, 0.05) is 30.1 Å². The third kappa shape index (κ3) is 4.88. The van der Waals surface area contributed by atoms with Crippen LogP contribution in [0.5, 0.6) is 0 Å². The molecule has 7 heteroatoms. The van der Waals surface area contributed by atoms with E-state index >= 15 is 0 Å². The molecular formula is C18H21N3O3S. The van der Waals surface area contributed by atoms with Crippen molar-refractivity contribution in [2.24, 2.45) is 0 Å². The van der Waals surface area contributed by atoms with Crippen LogP contribution < -0.4 is 5.32 Å². The molecule has 1 aliphatic rings. The molecule has 0 radical (unpaired) electrons. The Kier molecular flexibility index (Phi) is 6.16. The van der Waals surface area contributed by atoms with Gasteiger partial charge in [-0.25, -0.2) is 9.78 Å². The summed E-state index contributed by atoms with van der Waals surface area (Å²) in [4.78, 5) is 19.8. The number of anilines is 1. The highest BCUT2D eigenvalue weighted by Gasteiger charge is 2.19. The molecule has 1 aliphatic heterocycles. The summed E-state index contributed by atoms with van der Waals surface area (Å²) in [5, 5.41) is 3.24. The second kappa shape index (κ2) is 8.75. The van der Waals surface area contributed by atoms with E-state index in [2.05, 4.69) is 21.8 Å². The molecule has 6 nitrogen and oxygen atoms in total. The van der Waals surface area contributed by atoms with Crippen molar-refractivity contribution >= 4 is 22.6 Å². The van der Waals surface area contributed by atoms with Crippen LogP contribution in [0.1, 0.15) is 4.88 Å². The maximum atomic E-state index is 11.8. The molecule has 0 saturated carbocycles. The fourth-order valence-corrected chi connectivity index (χ4v) is 3.57. The van der Waals surface area contributed by atoms with Gasteiger partial charge in [0.05, 0.1) is 18.9 Å². The van der Waals surface area contributed by atoms with E-state index in [-0.39, 0.29) is 6.61 Å². The molecule has 132 valence electrons. The standard InChI is InChI=1S/C18H21N3O3S/c1-2-10-24-18(22)20-17-19-16(14-6-4-3-5-7-14)15(25-17)13-21-8-11-23-12-9-21/h2-7H,1,8-13H2,(H,19,20,22). The highest BCUT2D eigenvalue weighted by molar-refractivity contribution is 7.16. The number of carbonyl (C=O) groups is 1. The van der Waals surface area contributed by atoms with Gasteiger partial charge in [-0.05, 0) is 0 Å². The molecule has 2 heterocycles. The monoisotopic (exact) mass is 359 g/mol. The third-order valence-corrected chi connectivity index (χ3v) is 4.71. The zero-order valence-corrected chi connectivity index (χ0v) is 14.8. The van der Waals surface area contributed by atoms with Crippen LogP contribution in [0.2, 0.25) is 0 Å². The highest BCUT2D eigenvalue weighted by atomic mass is 32.1. The van der Waals surface area contributed by atoms with Gasteiger partial charge in [0.2, 0.25) is 0 Å². The fourth-order valence-electron chi connectivity index (χ4n) is 2.55. The zero-order valence-electron chi connectivity index (χ0n) is 13.9. The van der Waals surface area contributed by atoms with E-state index in [1.165, 1.54) is 17.4 Å². The number of aromatic nitrogens is 1. The lowest BCUT2D eigenvalue weighted by Gasteiger charge is -2.26. The van der Waals surface area contributed by atoms with E-state index in [0.29, 0.717) is 5.13 Å². The van der Waals surface area contributed by atoms with Crippen LogP contribution in [0.4, 0.5) is 9.93 Å². The minimum Gasteiger partial charge on any atom is -0.445 e. The maximum Gasteiger partial charge on any atom is 0.413 e. The molecule has 0 aliphatic carbocycles. The molecule has 1 amide bonds. The second-order valence-corrected chi connectivity index (χ2v) is 6.64. The quantitative estimate of drug-likeness (QED) is 0.801. The number of nitrogens with zero attached hydrogens (tertiary/aromatic N) is 2. The number of ether oxygens (including phenoxy) is 2. The van der Waals surface area contributed by atoms with E-state index in [4.69, 9.17) is 9.47 Å². The average Bonchev–Trinajstić information content (AvgIpc) is 3.03. The lowest BCUT2D eigenvalue weighted by molar-refractivity contribution is 0.0347. The van der Waals surface area contributed by atoms with Crippen LogP contribution in [-0.2, 0) is 16.0 Å². The van der Waals surface area contributed by atoms with Crippen LogP contribution in [0, 0.1) is 0 Å². The Bertz CT molecular complexity index is 712. The number of amides is 1. The summed E-state index contributed by atoms with van der Waals surface area (Å²) in [6.07, 6.45) is 1.01. The number of benzene rings is 1. The summed E-state index contributed by atoms with van der Waals surface area (Å²) < 4.78 is 10.4. The maximum absolute atomic E-state index is 11.8. The minimum atomic E-state index is -0.522. The molecule has 1 aromatic carbocycles. The normalized spacial score (nSPS) is 14.9. The van der Waals surface area contributed by atoms with Gasteiger partial charge in [0.1, 0.15) is 6.61 Å². The van der Waals surface area contributed by atoms with Crippen molar-refractivity contribution in [3.05, 3.63) is 47.9 Å². The van der Waals surface area contributed by atoms with Crippen molar-refractivity contribution in [3.8, 4) is 11.3 Å². The number of nitrogens with one attached hydrogen (secondary N) is 1. The topological polar surface area (TPSA) is 63.7 Å². The number of morpholine rings is 1. The Hall–Kier alpha value is -2.22. The number of rotatable bonds is 6. The average molecular weight is 359 g/mol. The largest absolute Gasteiger partial charge is 0.445 e. The van der Waals surface area contributed by atoms with Gasteiger partial charge in [0.25, 0.3) is 0 Å². The predicted octanol–water partition coefficient (Wildman–Crippen LogP) is 3.38. The molecule has 0 spiro atoms. The zero-order chi connectivity index (χ0) is 17.5. The summed E-state index contributed by atoms with van der Waals surface area (Å²) in [6, 6.07) is 10.00. The van der Waals surface area contributed by atoms with Gasteiger partial charge >= 0.3 is 6.09 Å². The van der Waals surface area contributed by atoms with E-state index in [1.807, 2.05) is 30.3 Å². The Morgan fingerprint density at radius 1 is 1.36 bits per heavy atom. The molecule has 0 unspecified atom stereocenters. The fraction of sp³-hybridized carbons (Fsp3) is 0.333. The SMILES string of the molecule is C=CCOC(=O)Nc1nc(-c2ccccc2)c(CN2CCOCC2)s1. The van der Waals surface area contributed by atoms with Crippen LogP contribution >= 0.6 is 11.3 Å². The van der Waals surface area contributed by atoms with E-state index in [9.17, 15) is 4.79 Å². The Morgan fingerprint density at radius 3 is 2.84 bits per heavy atom. The van der Waals surface area contributed by atoms with Crippen LogP contribution in [-0.4, -0.2) is 48.9 Å². The number of thiazole rings is 1. The molecule has 1 saturated heterocycles. The number of hydrogen-bond donors (Lipinski definition) is 1. The summed E-state index contributed by atoms with van der Waals surface area (Å²) >= 11 is 1.48. The van der Waals surface area contributed by atoms with Crippen LogP contribution in [0.25, 0.3) is 11.3 Å². The first kappa shape index (κ1) is 17.6. The van der Waals surface area contributed by atoms with Crippen LogP contribution in [0.3, 0.4) is 0 Å². The number of hydrogen-bond acceptors (Lipinski definition) is 6. The van der Waals surface area contributed by atoms with E-state index in [0.717, 1.165) is 49.0 Å². The molecule has 1 fully saturated rings.